The molecule has 2 aromatic rings. The van der Waals surface area contributed by atoms with E-state index < -0.39 is 0 Å². The molecule has 0 saturated carbocycles. The molecule has 1 aromatic heterocycles. The largest absolute Gasteiger partial charge is 0.382 e. The fourth-order valence-corrected chi connectivity index (χ4v) is 3.25. The van der Waals surface area contributed by atoms with Crippen LogP contribution < -0.4 is 5.32 Å². The van der Waals surface area contributed by atoms with Crippen LogP contribution in [0.5, 0.6) is 0 Å². The van der Waals surface area contributed by atoms with Crippen molar-refractivity contribution >= 4 is 28.2 Å². The van der Waals surface area contributed by atoms with E-state index in [0.717, 1.165) is 15.9 Å². The summed E-state index contributed by atoms with van der Waals surface area (Å²) in [4.78, 5) is 6.96. The third kappa shape index (κ3) is 3.47. The predicted molar refractivity (Wildman–Crippen MR) is 90.1 cm³/mol. The van der Waals surface area contributed by atoms with Crippen molar-refractivity contribution in [1.29, 1.82) is 0 Å². The molecule has 4 heteroatoms. The summed E-state index contributed by atoms with van der Waals surface area (Å²) in [5, 5.41) is 5.58. The van der Waals surface area contributed by atoms with Gasteiger partial charge in [0, 0.05) is 41.4 Å². The number of nitrogens with zero attached hydrogens (tertiary/aromatic N) is 2. The highest BCUT2D eigenvalue weighted by molar-refractivity contribution is 6.31. The lowest BCUT2D eigenvalue weighted by molar-refractivity contribution is 0.219. The first-order valence-electron chi connectivity index (χ1n) is 7.79. The number of fused-ring (bicyclic) bond motifs is 1. The van der Waals surface area contributed by atoms with Crippen LogP contribution >= 0.6 is 11.6 Å². The number of aromatic nitrogens is 1. The molecule has 1 aliphatic rings. The van der Waals surface area contributed by atoms with E-state index in [-0.39, 0.29) is 0 Å². The van der Waals surface area contributed by atoms with Gasteiger partial charge in [0.05, 0.1) is 5.52 Å². The molecule has 1 aliphatic heterocycles. The van der Waals surface area contributed by atoms with Crippen LogP contribution in [0.1, 0.15) is 26.2 Å². The van der Waals surface area contributed by atoms with Crippen molar-refractivity contribution in [3.8, 4) is 0 Å². The van der Waals surface area contributed by atoms with Gasteiger partial charge in [0.2, 0.25) is 0 Å². The number of piperidine rings is 1. The number of pyridine rings is 1. The molecule has 112 valence electrons. The average Bonchev–Trinajstić information content (AvgIpc) is 2.49. The molecular weight excluding hydrogens is 282 g/mol. The van der Waals surface area contributed by atoms with Crippen LogP contribution in [-0.2, 0) is 0 Å². The fraction of sp³-hybridized carbons (Fsp3) is 0.471. The molecule has 1 aromatic carbocycles. The van der Waals surface area contributed by atoms with E-state index in [2.05, 4.69) is 34.3 Å². The molecule has 1 N–H and O–H groups in total. The summed E-state index contributed by atoms with van der Waals surface area (Å²) in [5.74, 6) is 0. The van der Waals surface area contributed by atoms with Gasteiger partial charge in [-0.05, 0) is 50.1 Å². The number of hydrogen-bond acceptors (Lipinski definition) is 3. The molecule has 0 aliphatic carbocycles. The minimum absolute atomic E-state index is 0.555. The molecule has 0 amide bonds. The van der Waals surface area contributed by atoms with Crippen molar-refractivity contribution < 1.29 is 0 Å². The van der Waals surface area contributed by atoms with Gasteiger partial charge in [-0.2, -0.15) is 0 Å². The molecule has 3 nitrogen and oxygen atoms in total. The predicted octanol–water partition coefficient (Wildman–Crippen LogP) is 4.17. The molecule has 0 bridgehead atoms. The van der Waals surface area contributed by atoms with Gasteiger partial charge in [-0.15, -0.1) is 0 Å². The summed E-state index contributed by atoms with van der Waals surface area (Å²) in [6.07, 6.45) is 5.51. The van der Waals surface area contributed by atoms with E-state index >= 15 is 0 Å². The van der Waals surface area contributed by atoms with Crippen LogP contribution in [-0.4, -0.2) is 35.6 Å². The highest BCUT2D eigenvalue weighted by Gasteiger charge is 2.18. The smallest absolute Gasteiger partial charge is 0.0737 e. The maximum Gasteiger partial charge on any atom is 0.0737 e. The first kappa shape index (κ1) is 14.6. The van der Waals surface area contributed by atoms with E-state index in [1.165, 1.54) is 44.6 Å². The molecule has 1 saturated heterocycles. The Morgan fingerprint density at radius 2 is 2.10 bits per heavy atom. The van der Waals surface area contributed by atoms with Gasteiger partial charge >= 0.3 is 0 Å². The molecule has 1 fully saturated rings. The van der Waals surface area contributed by atoms with Crippen LogP contribution in [0.15, 0.2) is 30.5 Å². The standard InChI is InChI=1S/C17H22ClN3/c1-2-9-21-10-6-14(7-11-21)20-16-5-8-19-17-12-13(18)3-4-15(16)17/h3-5,8,12,14H,2,6-7,9-11H2,1H3,(H,19,20). The summed E-state index contributed by atoms with van der Waals surface area (Å²) in [7, 11) is 0. The van der Waals surface area contributed by atoms with E-state index in [1.807, 2.05) is 18.3 Å². The number of likely N-dealkylation sites (tertiary alicyclic amines) is 1. The van der Waals surface area contributed by atoms with Crippen LogP contribution in [0, 0.1) is 0 Å². The molecular formula is C17H22ClN3. The quantitative estimate of drug-likeness (QED) is 0.918. The minimum atomic E-state index is 0.555. The van der Waals surface area contributed by atoms with Gasteiger partial charge in [0.25, 0.3) is 0 Å². The van der Waals surface area contributed by atoms with Gasteiger partial charge in [-0.1, -0.05) is 18.5 Å². The number of anilines is 1. The Hall–Kier alpha value is -1.32. The third-order valence-electron chi connectivity index (χ3n) is 4.19. The zero-order chi connectivity index (χ0) is 14.7. The Bertz CT molecular complexity index is 606. The van der Waals surface area contributed by atoms with Gasteiger partial charge in [0.15, 0.2) is 0 Å². The van der Waals surface area contributed by atoms with Crippen molar-refractivity contribution in [2.75, 3.05) is 25.0 Å². The maximum absolute atomic E-state index is 6.04. The Kier molecular flexibility index (Phi) is 4.61. The molecule has 0 radical (unpaired) electrons. The van der Waals surface area contributed by atoms with Gasteiger partial charge in [0.1, 0.15) is 0 Å². The summed E-state index contributed by atoms with van der Waals surface area (Å²) in [5.41, 5.74) is 2.13. The van der Waals surface area contributed by atoms with Crippen LogP contribution in [0.2, 0.25) is 5.02 Å². The second-order valence-corrected chi connectivity index (χ2v) is 6.22. The fourth-order valence-electron chi connectivity index (χ4n) is 3.08. The number of hydrogen-bond donors (Lipinski definition) is 1. The molecule has 21 heavy (non-hydrogen) atoms. The first-order valence-corrected chi connectivity index (χ1v) is 8.17. The van der Waals surface area contributed by atoms with E-state index in [4.69, 9.17) is 11.6 Å². The summed E-state index contributed by atoms with van der Waals surface area (Å²) in [6, 6.07) is 8.53. The van der Waals surface area contributed by atoms with Crippen molar-refractivity contribution in [3.05, 3.63) is 35.5 Å². The lowest BCUT2D eigenvalue weighted by atomic mass is 10.0. The molecule has 2 heterocycles. The zero-order valence-corrected chi connectivity index (χ0v) is 13.2. The number of benzene rings is 1. The van der Waals surface area contributed by atoms with E-state index in [0.29, 0.717) is 6.04 Å². The molecule has 0 unspecified atom stereocenters. The number of rotatable bonds is 4. The third-order valence-corrected chi connectivity index (χ3v) is 4.43. The van der Waals surface area contributed by atoms with Crippen molar-refractivity contribution in [3.63, 3.8) is 0 Å². The van der Waals surface area contributed by atoms with Crippen molar-refractivity contribution in [2.24, 2.45) is 0 Å². The Balaban J connectivity index is 1.71. The molecule has 0 spiro atoms. The van der Waals surface area contributed by atoms with Gasteiger partial charge in [-0.25, -0.2) is 0 Å². The second-order valence-electron chi connectivity index (χ2n) is 5.78. The molecule has 3 rings (SSSR count). The number of halogens is 1. The first-order chi connectivity index (χ1) is 10.3. The Labute approximate surface area is 131 Å². The highest BCUT2D eigenvalue weighted by Crippen LogP contribution is 2.26. The maximum atomic E-state index is 6.04. The van der Waals surface area contributed by atoms with Crippen molar-refractivity contribution in [1.82, 2.24) is 9.88 Å². The lowest BCUT2D eigenvalue weighted by Crippen LogP contribution is -2.39. The van der Waals surface area contributed by atoms with Gasteiger partial charge < -0.3 is 10.2 Å². The van der Waals surface area contributed by atoms with Gasteiger partial charge in [-0.3, -0.25) is 4.98 Å². The highest BCUT2D eigenvalue weighted by atomic mass is 35.5. The van der Waals surface area contributed by atoms with Crippen molar-refractivity contribution in [2.45, 2.75) is 32.2 Å². The normalized spacial score (nSPS) is 17.2. The van der Waals surface area contributed by atoms with E-state index in [1.54, 1.807) is 0 Å². The van der Waals surface area contributed by atoms with E-state index in [9.17, 15) is 0 Å². The summed E-state index contributed by atoms with van der Waals surface area (Å²) in [6.45, 7) is 5.86. The molecule has 0 atom stereocenters. The summed E-state index contributed by atoms with van der Waals surface area (Å²) < 4.78 is 0. The van der Waals surface area contributed by atoms with Crippen LogP contribution in [0.25, 0.3) is 10.9 Å². The topological polar surface area (TPSA) is 28.2 Å². The lowest BCUT2D eigenvalue weighted by Gasteiger charge is -2.32. The Morgan fingerprint density at radius 1 is 1.29 bits per heavy atom. The minimum Gasteiger partial charge on any atom is -0.382 e. The zero-order valence-electron chi connectivity index (χ0n) is 12.5. The number of nitrogens with one attached hydrogen (secondary N) is 1. The average molecular weight is 304 g/mol. The SMILES string of the molecule is CCCN1CCC(Nc2ccnc3cc(Cl)ccc23)CC1. The summed E-state index contributed by atoms with van der Waals surface area (Å²) >= 11 is 6.04. The van der Waals surface area contributed by atoms with Crippen LogP contribution in [0.3, 0.4) is 0 Å². The Morgan fingerprint density at radius 3 is 2.86 bits per heavy atom. The van der Waals surface area contributed by atoms with Crippen LogP contribution in [0.4, 0.5) is 5.69 Å². The second kappa shape index (κ2) is 6.63. The monoisotopic (exact) mass is 303 g/mol.